The van der Waals surface area contributed by atoms with E-state index >= 15 is 0 Å². The van der Waals surface area contributed by atoms with Gasteiger partial charge in [0.2, 0.25) is 0 Å². The van der Waals surface area contributed by atoms with Crippen LogP contribution in [0, 0.1) is 18.4 Å². The third-order valence-electron chi connectivity index (χ3n) is 5.43. The molecule has 0 bridgehead atoms. The number of fused-ring (bicyclic) bond motifs is 1. The Balaban J connectivity index is 2.24. The summed E-state index contributed by atoms with van der Waals surface area (Å²) in [5, 5.41) is 2.12. The van der Waals surface area contributed by atoms with E-state index in [-0.39, 0.29) is 6.79 Å². The Morgan fingerprint density at radius 2 is 1.78 bits per heavy atom. The fraction of sp³-hybridized carbons (Fsp3) is 0.429. The highest BCUT2D eigenvalue weighted by molar-refractivity contribution is 6.65. The van der Waals surface area contributed by atoms with E-state index < -0.39 is 18.3 Å². The van der Waals surface area contributed by atoms with Crippen molar-refractivity contribution in [3.63, 3.8) is 0 Å². The average Bonchev–Trinajstić information content (AvgIpc) is 2.82. The quantitative estimate of drug-likeness (QED) is 0.461. The predicted octanol–water partition coefficient (Wildman–Crippen LogP) is 2.10. The smallest absolute Gasteiger partial charge is 0.468 e. The topological polar surface area (TPSA) is 36.9 Å². The Kier molecular flexibility index (Phi) is 5.42. The van der Waals surface area contributed by atoms with Crippen molar-refractivity contribution in [2.75, 3.05) is 13.9 Å². The largest absolute Gasteiger partial charge is 0.495 e. The van der Waals surface area contributed by atoms with Crippen molar-refractivity contribution in [3.8, 4) is 17.2 Å². The Morgan fingerprint density at radius 1 is 1.11 bits per heavy atom. The molecule has 3 rings (SSSR count). The first kappa shape index (κ1) is 20.0. The Bertz CT molecular complexity index is 911. The van der Waals surface area contributed by atoms with E-state index in [9.17, 15) is 0 Å². The van der Waals surface area contributed by atoms with E-state index in [4.69, 9.17) is 18.8 Å². The van der Waals surface area contributed by atoms with E-state index in [2.05, 4.69) is 58.2 Å². The van der Waals surface area contributed by atoms with Crippen LogP contribution in [0.15, 0.2) is 24.3 Å². The van der Waals surface area contributed by atoms with Gasteiger partial charge in [0.25, 0.3) is 0 Å². The maximum Gasteiger partial charge on any atom is 0.495 e. The van der Waals surface area contributed by atoms with Gasteiger partial charge in [-0.3, -0.25) is 0 Å². The van der Waals surface area contributed by atoms with Crippen molar-refractivity contribution in [2.45, 2.75) is 45.8 Å². The lowest BCUT2D eigenvalue weighted by Crippen LogP contribution is -2.41. The van der Waals surface area contributed by atoms with E-state index in [1.807, 2.05) is 12.1 Å². The maximum atomic E-state index is 6.34. The summed E-state index contributed by atoms with van der Waals surface area (Å²) in [7, 11) is 1.95. The Labute approximate surface area is 165 Å². The highest BCUT2D eigenvalue weighted by Crippen LogP contribution is 2.38. The zero-order chi connectivity index (χ0) is 19.8. The lowest BCUT2D eigenvalue weighted by atomic mass is 9.74. The maximum absolute atomic E-state index is 6.34. The van der Waals surface area contributed by atoms with Crippen LogP contribution in [0.1, 0.15) is 38.8 Å². The molecule has 0 spiro atoms. The van der Waals surface area contributed by atoms with Gasteiger partial charge in [-0.1, -0.05) is 18.1 Å². The second-order valence-corrected chi connectivity index (χ2v) is 8.38. The van der Waals surface area contributed by atoms with Crippen LogP contribution in [0.2, 0.25) is 0 Å². The van der Waals surface area contributed by atoms with E-state index in [1.165, 1.54) is 0 Å². The first-order chi connectivity index (χ1) is 12.7. The molecule has 1 aliphatic rings. The summed E-state index contributed by atoms with van der Waals surface area (Å²) in [4.78, 5) is 0. The number of methoxy groups -OCH3 is 1. The molecule has 0 atom stereocenters. The third-order valence-corrected chi connectivity index (χ3v) is 5.68. The molecule has 4 nitrogen and oxygen atoms in total. The average molecular weight is 382 g/mol. The van der Waals surface area contributed by atoms with Gasteiger partial charge in [-0.25, -0.2) is 0 Å². The van der Waals surface area contributed by atoms with Gasteiger partial charge in [0, 0.05) is 12.7 Å². The van der Waals surface area contributed by atoms with Crippen molar-refractivity contribution in [3.05, 3.63) is 35.4 Å². The van der Waals surface area contributed by atoms with Crippen LogP contribution in [0.25, 0.3) is 10.8 Å². The summed E-state index contributed by atoms with van der Waals surface area (Å²) in [5.74, 6) is 4.05. The van der Waals surface area contributed by atoms with Gasteiger partial charge in [0.15, 0.2) is 6.79 Å². The molecule has 142 valence electrons. The number of rotatable bonds is 4. The molecule has 0 N–H and O–H groups in total. The first-order valence-corrected chi connectivity index (χ1v) is 10.2. The normalized spacial score (nSPS) is 17.8. The van der Waals surface area contributed by atoms with Crippen molar-refractivity contribution in [2.24, 2.45) is 0 Å². The number of hydrogen-bond acceptors (Lipinski definition) is 4. The molecule has 0 aromatic heterocycles. The minimum atomic E-state index is -0.486. The predicted molar refractivity (Wildman–Crippen MR) is 114 cm³/mol. The van der Waals surface area contributed by atoms with Gasteiger partial charge in [-0.2, -0.15) is 0 Å². The molecule has 1 fully saturated rings. The molecule has 27 heavy (non-hydrogen) atoms. The minimum absolute atomic E-state index is 0.188. The molecule has 0 aliphatic carbocycles. The third kappa shape index (κ3) is 3.65. The zero-order valence-corrected chi connectivity index (χ0v) is 19.2. The second kappa shape index (κ2) is 7.33. The minimum Gasteiger partial charge on any atom is -0.468 e. The van der Waals surface area contributed by atoms with Crippen LogP contribution in [0.4, 0.5) is 0 Å². The second-order valence-electron chi connectivity index (χ2n) is 7.88. The molecule has 0 saturated carbocycles. The summed E-state index contributed by atoms with van der Waals surface area (Å²) in [6.07, 6.45) is 0. The highest BCUT2D eigenvalue weighted by Gasteiger charge is 2.52. The van der Waals surface area contributed by atoms with E-state index in [1.54, 1.807) is 7.11 Å². The summed E-state index contributed by atoms with van der Waals surface area (Å²) in [6.45, 7) is 10.5. The molecule has 2 aromatic carbocycles. The summed E-state index contributed by atoms with van der Waals surface area (Å²) < 4.78 is 23.5. The van der Waals surface area contributed by atoms with Crippen LogP contribution in [-0.4, -0.2) is 42.5 Å². The molecule has 1 heterocycles. The van der Waals surface area contributed by atoms with E-state index in [0.29, 0.717) is 0 Å². The van der Waals surface area contributed by atoms with Gasteiger partial charge in [0.05, 0.1) is 21.4 Å². The SMILES string of the molecule is COCOc1cc(B2OC(C)(C)C(C)(C)O2)c2c(C#C[SiH3])c(C)ccc2c1. The molecular weight excluding hydrogens is 355 g/mol. The first-order valence-electron chi connectivity index (χ1n) is 9.17. The summed E-state index contributed by atoms with van der Waals surface area (Å²) >= 11 is 0. The fourth-order valence-electron chi connectivity index (χ4n) is 3.23. The van der Waals surface area contributed by atoms with Crippen molar-refractivity contribution >= 4 is 33.6 Å². The summed E-state index contributed by atoms with van der Waals surface area (Å²) in [6, 6.07) is 8.19. The highest BCUT2D eigenvalue weighted by atomic mass is 28.1. The summed E-state index contributed by atoms with van der Waals surface area (Å²) in [5.41, 5.74) is 5.47. The van der Waals surface area contributed by atoms with Crippen LogP contribution < -0.4 is 10.2 Å². The number of aryl methyl sites for hydroxylation is 1. The molecule has 0 amide bonds. The van der Waals surface area contributed by atoms with Crippen molar-refractivity contribution in [1.29, 1.82) is 0 Å². The standard InChI is InChI=1S/C21H27BO4Si/c1-14-7-8-15-11-16(24-13-23-6)12-18(19(15)17(14)9-10-27)22-25-20(2,3)21(4,5)26-22/h7-8,11-12H,13H2,1-6,27H3. The van der Waals surface area contributed by atoms with Crippen LogP contribution >= 0.6 is 0 Å². The fourth-order valence-corrected chi connectivity index (χ4v) is 3.48. The molecule has 1 saturated heterocycles. The van der Waals surface area contributed by atoms with Gasteiger partial charge < -0.3 is 18.8 Å². The number of hydrogen-bond donors (Lipinski definition) is 0. The molecule has 0 unspecified atom stereocenters. The Morgan fingerprint density at radius 3 is 2.37 bits per heavy atom. The molecule has 6 heteroatoms. The number of ether oxygens (including phenoxy) is 2. The number of benzene rings is 2. The van der Waals surface area contributed by atoms with Gasteiger partial charge in [-0.15, -0.1) is 5.54 Å². The molecule has 2 aromatic rings. The zero-order valence-electron chi connectivity index (χ0n) is 17.2. The van der Waals surface area contributed by atoms with Crippen LogP contribution in [0.3, 0.4) is 0 Å². The lowest BCUT2D eigenvalue weighted by Gasteiger charge is -2.32. The molecular formula is C21H27BO4Si. The monoisotopic (exact) mass is 382 g/mol. The molecule has 1 aliphatic heterocycles. The van der Waals surface area contributed by atoms with Crippen LogP contribution in [-0.2, 0) is 14.0 Å². The molecule has 0 radical (unpaired) electrons. The van der Waals surface area contributed by atoms with Gasteiger partial charge in [0.1, 0.15) is 5.75 Å². The van der Waals surface area contributed by atoms with Crippen molar-refractivity contribution < 1.29 is 18.8 Å². The van der Waals surface area contributed by atoms with Crippen molar-refractivity contribution in [1.82, 2.24) is 0 Å². The van der Waals surface area contributed by atoms with Gasteiger partial charge in [-0.05, 0) is 68.6 Å². The lowest BCUT2D eigenvalue weighted by molar-refractivity contribution is 0.00578. The van der Waals surface area contributed by atoms with Crippen LogP contribution in [0.5, 0.6) is 5.75 Å². The van der Waals surface area contributed by atoms with E-state index in [0.717, 1.165) is 43.4 Å². The van der Waals surface area contributed by atoms with Gasteiger partial charge >= 0.3 is 7.12 Å². The Hall–Kier alpha value is -1.78.